The van der Waals surface area contributed by atoms with E-state index in [2.05, 4.69) is 32.1 Å². The van der Waals surface area contributed by atoms with Gasteiger partial charge in [0, 0.05) is 0 Å². The Kier molecular flexibility index (Phi) is 5.99. The zero-order valence-electron chi connectivity index (χ0n) is 11.7. The predicted octanol–water partition coefficient (Wildman–Crippen LogP) is 5.05. The second kappa shape index (κ2) is 7.54. The first-order valence-corrected chi connectivity index (χ1v) is 6.44. The topological polar surface area (TPSA) is 9.23 Å². The molecule has 0 fully saturated rings. The molecule has 1 aromatic carbocycles. The number of hydrogen-bond donors (Lipinski definition) is 0. The van der Waals surface area contributed by atoms with Crippen molar-refractivity contribution in [1.29, 1.82) is 0 Å². The van der Waals surface area contributed by atoms with Crippen molar-refractivity contribution in [2.75, 3.05) is 0 Å². The highest BCUT2D eigenvalue weighted by molar-refractivity contribution is 5.34. The van der Waals surface area contributed by atoms with Crippen molar-refractivity contribution in [3.63, 3.8) is 0 Å². The number of ether oxygens (including phenoxy) is 1. The van der Waals surface area contributed by atoms with Crippen LogP contribution in [0.5, 0.6) is 5.75 Å². The molecular weight excluding hydrogens is 220 g/mol. The van der Waals surface area contributed by atoms with E-state index >= 15 is 0 Å². The van der Waals surface area contributed by atoms with Crippen LogP contribution in [0.4, 0.5) is 0 Å². The molecule has 0 N–H and O–H groups in total. The van der Waals surface area contributed by atoms with E-state index in [1.807, 2.05) is 44.2 Å². The molecule has 0 spiro atoms. The summed E-state index contributed by atoms with van der Waals surface area (Å²) in [6, 6.07) is 8.25. The second-order valence-corrected chi connectivity index (χ2v) is 4.15. The quantitative estimate of drug-likeness (QED) is 0.518. The van der Waals surface area contributed by atoms with Gasteiger partial charge in [0.05, 0.1) is 0 Å². The highest BCUT2D eigenvalue weighted by atomic mass is 16.5. The van der Waals surface area contributed by atoms with Gasteiger partial charge in [-0.2, -0.15) is 0 Å². The monoisotopic (exact) mass is 242 g/mol. The normalized spacial score (nSPS) is 13.1. The van der Waals surface area contributed by atoms with Crippen LogP contribution in [0.3, 0.4) is 0 Å². The van der Waals surface area contributed by atoms with Gasteiger partial charge in [0.15, 0.2) is 0 Å². The molecule has 0 saturated heterocycles. The lowest BCUT2D eigenvalue weighted by Crippen LogP contribution is -1.95. The summed E-state index contributed by atoms with van der Waals surface area (Å²) in [6.45, 7) is 8.20. The molecule has 18 heavy (non-hydrogen) atoms. The van der Waals surface area contributed by atoms with Crippen LogP contribution in [-0.2, 0) is 6.42 Å². The fraction of sp³-hybridized carbons (Fsp3) is 0.294. The Balaban J connectivity index is 2.93. The van der Waals surface area contributed by atoms with E-state index in [-0.39, 0.29) is 0 Å². The highest BCUT2D eigenvalue weighted by Crippen LogP contribution is 2.18. The molecule has 1 aromatic rings. The van der Waals surface area contributed by atoms with Crippen molar-refractivity contribution in [3.8, 4) is 5.75 Å². The van der Waals surface area contributed by atoms with Crippen molar-refractivity contribution >= 4 is 0 Å². The van der Waals surface area contributed by atoms with Gasteiger partial charge in [-0.05, 0) is 56.5 Å². The Labute approximate surface area is 110 Å². The van der Waals surface area contributed by atoms with Gasteiger partial charge in [-0.1, -0.05) is 37.3 Å². The minimum atomic E-state index is 0.879. The Morgan fingerprint density at radius 3 is 2.17 bits per heavy atom. The Morgan fingerprint density at radius 1 is 1.06 bits per heavy atom. The fourth-order valence-electron chi connectivity index (χ4n) is 1.65. The van der Waals surface area contributed by atoms with Crippen LogP contribution >= 0.6 is 0 Å². The molecule has 1 rings (SSSR count). The van der Waals surface area contributed by atoms with Crippen molar-refractivity contribution in [1.82, 2.24) is 0 Å². The number of rotatable bonds is 5. The molecule has 0 atom stereocenters. The molecule has 0 heterocycles. The first kappa shape index (κ1) is 14.3. The molecule has 1 heteroatoms. The van der Waals surface area contributed by atoms with Crippen LogP contribution in [0.15, 0.2) is 59.9 Å². The summed E-state index contributed by atoms with van der Waals surface area (Å²) in [4.78, 5) is 0. The molecule has 0 saturated carbocycles. The van der Waals surface area contributed by atoms with Crippen LogP contribution < -0.4 is 4.74 Å². The highest BCUT2D eigenvalue weighted by Gasteiger charge is 2.00. The Bertz CT molecular complexity index is 447. The molecule has 0 aromatic heterocycles. The van der Waals surface area contributed by atoms with Gasteiger partial charge in [-0.3, -0.25) is 0 Å². The van der Waals surface area contributed by atoms with Crippen LogP contribution in [-0.4, -0.2) is 0 Å². The molecule has 0 unspecified atom stereocenters. The summed E-state index contributed by atoms with van der Waals surface area (Å²) in [6.07, 6.45) is 9.10. The number of allylic oxidation sites excluding steroid dienone is 5. The molecule has 0 aliphatic carbocycles. The maximum Gasteiger partial charge on any atom is 0.129 e. The summed E-state index contributed by atoms with van der Waals surface area (Å²) in [5.74, 6) is 1.77. The zero-order chi connectivity index (χ0) is 13.4. The average molecular weight is 242 g/mol. The zero-order valence-corrected chi connectivity index (χ0v) is 11.7. The predicted molar refractivity (Wildman–Crippen MR) is 78.8 cm³/mol. The fourth-order valence-corrected chi connectivity index (χ4v) is 1.65. The molecule has 1 nitrogen and oxygen atoms in total. The third-order valence-corrected chi connectivity index (χ3v) is 2.68. The molecule has 0 bridgehead atoms. The smallest absolute Gasteiger partial charge is 0.129 e. The van der Waals surface area contributed by atoms with Crippen molar-refractivity contribution < 1.29 is 4.74 Å². The Morgan fingerprint density at radius 2 is 1.67 bits per heavy atom. The minimum absolute atomic E-state index is 0.879. The lowest BCUT2D eigenvalue weighted by Gasteiger charge is -2.09. The third kappa shape index (κ3) is 4.25. The van der Waals surface area contributed by atoms with Gasteiger partial charge in [-0.25, -0.2) is 0 Å². The second-order valence-electron chi connectivity index (χ2n) is 4.15. The summed E-state index contributed by atoms with van der Waals surface area (Å²) in [5, 5.41) is 0. The van der Waals surface area contributed by atoms with Crippen LogP contribution in [0.25, 0.3) is 0 Å². The summed E-state index contributed by atoms with van der Waals surface area (Å²) in [7, 11) is 0. The maximum atomic E-state index is 5.91. The van der Waals surface area contributed by atoms with E-state index in [4.69, 9.17) is 4.74 Å². The number of benzene rings is 1. The maximum absolute atomic E-state index is 5.91. The largest absolute Gasteiger partial charge is 0.457 e. The van der Waals surface area contributed by atoms with E-state index in [9.17, 15) is 0 Å². The number of hydrogen-bond acceptors (Lipinski definition) is 1. The van der Waals surface area contributed by atoms with Crippen LogP contribution in [0, 0.1) is 0 Å². The molecule has 0 aliphatic rings. The molecule has 0 aliphatic heterocycles. The minimum Gasteiger partial charge on any atom is -0.457 e. The van der Waals surface area contributed by atoms with Crippen molar-refractivity contribution in [3.05, 3.63) is 65.5 Å². The third-order valence-electron chi connectivity index (χ3n) is 2.68. The van der Waals surface area contributed by atoms with E-state index in [1.165, 1.54) is 5.56 Å². The summed E-state index contributed by atoms with van der Waals surface area (Å²) >= 11 is 0. The van der Waals surface area contributed by atoms with Gasteiger partial charge in [0.1, 0.15) is 11.5 Å². The van der Waals surface area contributed by atoms with E-state index in [0.717, 1.165) is 23.5 Å². The molecule has 96 valence electrons. The SMILES string of the molecule is C\C=C/C(C)=C(/C=C\C)Oc1ccc(CC)cc1. The molecular formula is C17H22O. The standard InChI is InChI=1S/C17H22O/c1-5-8-14(4)17(9-6-2)18-16-12-10-15(7-3)11-13-16/h5-6,8-13H,7H2,1-4H3/b8-5-,9-6-,17-14-. The summed E-state index contributed by atoms with van der Waals surface area (Å²) in [5.41, 5.74) is 2.44. The van der Waals surface area contributed by atoms with Gasteiger partial charge < -0.3 is 4.74 Å². The van der Waals surface area contributed by atoms with Crippen LogP contribution in [0.2, 0.25) is 0 Å². The summed E-state index contributed by atoms with van der Waals surface area (Å²) < 4.78 is 5.91. The van der Waals surface area contributed by atoms with Gasteiger partial charge in [0.25, 0.3) is 0 Å². The lowest BCUT2D eigenvalue weighted by molar-refractivity contribution is 0.439. The first-order valence-electron chi connectivity index (χ1n) is 6.44. The van der Waals surface area contributed by atoms with Gasteiger partial charge >= 0.3 is 0 Å². The molecule has 0 radical (unpaired) electrons. The van der Waals surface area contributed by atoms with Crippen LogP contribution in [0.1, 0.15) is 33.3 Å². The Hall–Kier alpha value is -1.76. The van der Waals surface area contributed by atoms with E-state index in [0.29, 0.717) is 0 Å². The van der Waals surface area contributed by atoms with Gasteiger partial charge in [0.2, 0.25) is 0 Å². The van der Waals surface area contributed by atoms with E-state index in [1.54, 1.807) is 0 Å². The molecule has 0 amide bonds. The van der Waals surface area contributed by atoms with Gasteiger partial charge in [-0.15, -0.1) is 0 Å². The first-order chi connectivity index (χ1) is 8.71. The van der Waals surface area contributed by atoms with E-state index < -0.39 is 0 Å². The lowest BCUT2D eigenvalue weighted by atomic mass is 10.2. The van der Waals surface area contributed by atoms with Crippen molar-refractivity contribution in [2.45, 2.75) is 34.1 Å². The average Bonchev–Trinajstić information content (AvgIpc) is 2.39. The van der Waals surface area contributed by atoms with Crippen molar-refractivity contribution in [2.24, 2.45) is 0 Å². The number of aryl methyl sites for hydroxylation is 1.